The zero-order valence-electron chi connectivity index (χ0n) is 25.1. The van der Waals surface area contributed by atoms with Gasteiger partial charge in [-0.3, -0.25) is 9.36 Å². The smallest absolute Gasteiger partial charge is 0.338 e. The second-order valence-corrected chi connectivity index (χ2v) is 13.4. The summed E-state index contributed by atoms with van der Waals surface area (Å²) in [5, 5.41) is 11.2. The molecule has 1 aliphatic heterocycles. The number of nitrogens with zero attached hydrogens (tertiary/aromatic N) is 2. The van der Waals surface area contributed by atoms with E-state index in [1.165, 1.54) is 35.8 Å². The van der Waals surface area contributed by atoms with Crippen molar-refractivity contribution in [3.05, 3.63) is 140 Å². The zero-order valence-corrected chi connectivity index (χ0v) is 28.9. The minimum absolute atomic E-state index is 0.140. The third-order valence-corrected chi connectivity index (χ3v) is 10.0. The number of ether oxygens (including phenoxy) is 3. The molecule has 9 nitrogen and oxygen atoms in total. The number of thiophene rings is 1. The molecule has 1 atom stereocenters. The topological polar surface area (TPSA) is 116 Å². The summed E-state index contributed by atoms with van der Waals surface area (Å²) in [6.45, 7) is 2.07. The largest absolute Gasteiger partial charge is 0.493 e. The predicted molar refractivity (Wildman–Crippen MR) is 189 cm³/mol. The highest BCUT2D eigenvalue weighted by molar-refractivity contribution is 14.1. The normalized spacial score (nSPS) is 14.4. The number of carboxylic acid groups (broad SMARTS) is 1. The number of benzene rings is 3. The van der Waals surface area contributed by atoms with Crippen molar-refractivity contribution >= 4 is 69.0 Å². The second kappa shape index (κ2) is 14.1. The zero-order chi connectivity index (χ0) is 33.1. The summed E-state index contributed by atoms with van der Waals surface area (Å²) in [6.07, 6.45) is 1.77. The molecular formula is C35H27IN2O7S2. The van der Waals surface area contributed by atoms with Gasteiger partial charge in [-0.2, -0.15) is 0 Å². The molecule has 0 unspecified atom stereocenters. The summed E-state index contributed by atoms with van der Waals surface area (Å²) in [5.74, 6) is -0.578. The SMILES string of the molecule is CCOC(=O)C1=C(c2ccccc2)N=c2s/c(=C\c3cc(I)c(OCc4cccc(C(=O)O)c4)c(OC)c3)c(=O)n2[C@H]1c1cccs1. The van der Waals surface area contributed by atoms with Crippen molar-refractivity contribution in [2.24, 2.45) is 4.99 Å². The first-order valence-corrected chi connectivity index (χ1v) is 17.2. The first kappa shape index (κ1) is 32.4. The van der Waals surface area contributed by atoms with E-state index in [1.807, 2.05) is 53.9 Å². The highest BCUT2D eigenvalue weighted by Crippen LogP contribution is 2.37. The van der Waals surface area contributed by atoms with Gasteiger partial charge in [-0.05, 0) is 82.4 Å². The number of rotatable bonds is 10. The first-order chi connectivity index (χ1) is 22.8. The molecule has 6 rings (SSSR count). The van der Waals surface area contributed by atoms with Crippen LogP contribution in [-0.2, 0) is 16.1 Å². The van der Waals surface area contributed by atoms with Crippen LogP contribution in [0.2, 0.25) is 0 Å². The molecule has 0 radical (unpaired) electrons. The number of aromatic nitrogens is 1. The van der Waals surface area contributed by atoms with Gasteiger partial charge in [-0.15, -0.1) is 11.3 Å². The molecule has 12 heteroatoms. The fourth-order valence-corrected chi connectivity index (χ4v) is 7.83. The third-order valence-electron chi connectivity index (χ3n) is 7.29. The Bertz CT molecular complexity index is 2190. The number of carbonyl (C=O) groups excluding carboxylic acids is 1. The molecule has 1 N–H and O–H groups in total. The minimum atomic E-state index is -1.01. The minimum Gasteiger partial charge on any atom is -0.493 e. The van der Waals surface area contributed by atoms with E-state index in [9.17, 15) is 19.5 Å². The van der Waals surface area contributed by atoms with Gasteiger partial charge < -0.3 is 19.3 Å². The lowest BCUT2D eigenvalue weighted by atomic mass is 9.97. The number of hydrogen-bond donors (Lipinski definition) is 1. The van der Waals surface area contributed by atoms with Crippen molar-refractivity contribution in [3.63, 3.8) is 0 Å². The molecule has 1 aliphatic rings. The van der Waals surface area contributed by atoms with Gasteiger partial charge in [-0.25, -0.2) is 14.6 Å². The fourth-order valence-electron chi connectivity index (χ4n) is 5.22. The van der Waals surface area contributed by atoms with Crippen LogP contribution in [0.25, 0.3) is 11.8 Å². The van der Waals surface area contributed by atoms with Gasteiger partial charge in [0.2, 0.25) is 0 Å². The number of halogens is 1. The lowest BCUT2D eigenvalue weighted by molar-refractivity contribution is -0.138. The van der Waals surface area contributed by atoms with E-state index in [0.717, 1.165) is 14.0 Å². The van der Waals surface area contributed by atoms with E-state index >= 15 is 0 Å². The van der Waals surface area contributed by atoms with Gasteiger partial charge in [0.1, 0.15) is 12.6 Å². The number of thiazole rings is 1. The molecule has 0 amide bonds. The van der Waals surface area contributed by atoms with Crippen LogP contribution in [0.15, 0.2) is 99.6 Å². The van der Waals surface area contributed by atoms with E-state index in [1.54, 1.807) is 41.8 Å². The summed E-state index contributed by atoms with van der Waals surface area (Å²) in [6, 6.07) is 22.7. The molecule has 238 valence electrons. The van der Waals surface area contributed by atoms with E-state index in [-0.39, 0.29) is 24.3 Å². The van der Waals surface area contributed by atoms with Crippen molar-refractivity contribution in [2.45, 2.75) is 19.6 Å². The van der Waals surface area contributed by atoms with Gasteiger partial charge in [-0.1, -0.05) is 59.9 Å². The Morgan fingerprint density at radius 2 is 1.87 bits per heavy atom. The van der Waals surface area contributed by atoms with E-state index in [4.69, 9.17) is 19.2 Å². The summed E-state index contributed by atoms with van der Waals surface area (Å²) >= 11 is 4.84. The molecule has 5 aromatic rings. The van der Waals surface area contributed by atoms with Gasteiger partial charge in [0.25, 0.3) is 5.56 Å². The number of hydrogen-bond acceptors (Lipinski definition) is 9. The maximum atomic E-state index is 14.1. The number of carboxylic acids is 1. The summed E-state index contributed by atoms with van der Waals surface area (Å²) < 4.78 is 20.0. The van der Waals surface area contributed by atoms with Crippen LogP contribution in [0, 0.1) is 3.57 Å². The predicted octanol–water partition coefficient (Wildman–Crippen LogP) is 5.89. The molecule has 0 aliphatic carbocycles. The highest BCUT2D eigenvalue weighted by atomic mass is 127. The Labute approximate surface area is 290 Å². The van der Waals surface area contributed by atoms with E-state index in [0.29, 0.717) is 43.2 Å². The molecular weight excluding hydrogens is 751 g/mol. The van der Waals surface area contributed by atoms with Crippen LogP contribution in [0.5, 0.6) is 11.5 Å². The molecule has 0 fully saturated rings. The summed E-state index contributed by atoms with van der Waals surface area (Å²) in [4.78, 5) is 45.2. The van der Waals surface area contributed by atoms with Gasteiger partial charge in [0.15, 0.2) is 16.3 Å². The van der Waals surface area contributed by atoms with Crippen LogP contribution < -0.4 is 24.4 Å². The van der Waals surface area contributed by atoms with Gasteiger partial charge in [0, 0.05) is 10.4 Å². The second-order valence-electron chi connectivity index (χ2n) is 10.3. The fraction of sp³-hybridized carbons (Fsp3) is 0.143. The molecule has 0 bridgehead atoms. The average molecular weight is 779 g/mol. The van der Waals surface area contributed by atoms with Crippen molar-refractivity contribution in [3.8, 4) is 11.5 Å². The Balaban J connectivity index is 1.44. The Kier molecular flexibility index (Phi) is 9.71. The molecule has 3 aromatic carbocycles. The maximum Gasteiger partial charge on any atom is 0.338 e. The highest BCUT2D eigenvalue weighted by Gasteiger charge is 2.35. The van der Waals surface area contributed by atoms with Crippen LogP contribution in [-0.4, -0.2) is 35.3 Å². The van der Waals surface area contributed by atoms with E-state index in [2.05, 4.69) is 22.6 Å². The van der Waals surface area contributed by atoms with Gasteiger partial charge >= 0.3 is 11.9 Å². The quantitative estimate of drug-likeness (QED) is 0.139. The standard InChI is InChI=1S/C35H27IN2O7S2/c1-3-44-34(42)28-29(22-10-5-4-6-11-22)37-35-38(30(28)26-13-8-14-46-26)32(39)27(47-35)18-21-16-24(36)31(25(17-21)43-2)45-19-20-9-7-12-23(15-20)33(40)41/h4-18,30H,3,19H2,1-2H3,(H,40,41)/b27-18-/t30-/m0/s1. The van der Waals surface area contributed by atoms with E-state index < -0.39 is 18.0 Å². The average Bonchev–Trinajstić information content (AvgIpc) is 3.72. The van der Waals surface area contributed by atoms with Crippen molar-refractivity contribution < 1.29 is 28.9 Å². The van der Waals surface area contributed by atoms with Crippen LogP contribution in [0.3, 0.4) is 0 Å². The van der Waals surface area contributed by atoms with Crippen LogP contribution in [0.4, 0.5) is 0 Å². The molecule has 2 aromatic heterocycles. The number of aromatic carboxylic acids is 1. The number of esters is 1. The monoisotopic (exact) mass is 778 g/mol. The molecule has 47 heavy (non-hydrogen) atoms. The number of methoxy groups -OCH3 is 1. The lowest BCUT2D eigenvalue weighted by Gasteiger charge is -2.24. The van der Waals surface area contributed by atoms with Gasteiger partial charge in [0.05, 0.1) is 38.7 Å². The van der Waals surface area contributed by atoms with Crippen LogP contribution >= 0.6 is 45.3 Å². The molecule has 0 spiro atoms. The maximum absolute atomic E-state index is 14.1. The number of fused-ring (bicyclic) bond motifs is 1. The molecule has 0 saturated carbocycles. The lowest BCUT2D eigenvalue weighted by Crippen LogP contribution is -2.39. The Morgan fingerprint density at radius 1 is 1.06 bits per heavy atom. The number of carbonyl (C=O) groups is 2. The Morgan fingerprint density at radius 3 is 2.57 bits per heavy atom. The molecule has 0 saturated heterocycles. The van der Waals surface area contributed by atoms with Crippen molar-refractivity contribution in [1.82, 2.24) is 4.57 Å². The summed E-state index contributed by atoms with van der Waals surface area (Å²) in [7, 11) is 1.53. The molecule has 3 heterocycles. The van der Waals surface area contributed by atoms with Crippen molar-refractivity contribution in [1.29, 1.82) is 0 Å². The Hall–Kier alpha value is -4.53. The third kappa shape index (κ3) is 6.66. The first-order valence-electron chi connectivity index (χ1n) is 14.4. The van der Waals surface area contributed by atoms with Crippen LogP contribution in [0.1, 0.15) is 44.9 Å². The van der Waals surface area contributed by atoms with Crippen molar-refractivity contribution in [2.75, 3.05) is 13.7 Å². The summed E-state index contributed by atoms with van der Waals surface area (Å²) in [5.41, 5.74) is 2.83.